The fourth-order valence-corrected chi connectivity index (χ4v) is 6.00. The topological polar surface area (TPSA) is 111 Å². The summed E-state index contributed by atoms with van der Waals surface area (Å²) in [6, 6.07) is 8.87. The van der Waals surface area contributed by atoms with Crippen molar-refractivity contribution in [1.82, 2.24) is 5.32 Å². The monoisotopic (exact) mass is 591 g/mol. The van der Waals surface area contributed by atoms with Gasteiger partial charge in [0.05, 0.1) is 14.2 Å². The maximum atomic E-state index is 14.1. The number of nitrogens with one attached hydrogen (secondary N) is 1. The molecule has 2 aliphatic rings. The predicted octanol–water partition coefficient (Wildman–Crippen LogP) is 5.03. The van der Waals surface area contributed by atoms with Gasteiger partial charge in [-0.2, -0.15) is 12.6 Å². The number of carbonyl (C=O) groups is 3. The number of allylic oxidation sites excluding steroid dienone is 1. The molecule has 0 aromatic heterocycles. The number of thiol groups is 1. The first-order valence-corrected chi connectivity index (χ1v) is 14.5. The van der Waals surface area contributed by atoms with E-state index in [0.29, 0.717) is 17.9 Å². The summed E-state index contributed by atoms with van der Waals surface area (Å²) in [6.07, 6.45) is 1.73. The first kappa shape index (κ1) is 29.2. The molecule has 0 saturated carbocycles. The standard InChI is InChI=1S/C28H30ClNO7S2/c1-14-11-18(31)22(17(12-21(32)30-9-10-38)15-5-7-16(39-4)8-6-15)26(33)28(14)27(34)23-19(35-2)13-20(36-3)24(29)25(23)37-28/h5-8,13-14,17,33,38H,9-12H2,1-4H3,(H,30,32)/t14-,17?,28+/m1/s1. The van der Waals surface area contributed by atoms with Gasteiger partial charge in [-0.3, -0.25) is 14.4 Å². The van der Waals surface area contributed by atoms with E-state index in [9.17, 15) is 19.5 Å². The van der Waals surface area contributed by atoms with Crippen LogP contribution in [0.1, 0.15) is 41.6 Å². The zero-order valence-corrected chi connectivity index (χ0v) is 24.5. The van der Waals surface area contributed by atoms with E-state index in [2.05, 4.69) is 17.9 Å². The Morgan fingerprint density at radius 1 is 1.26 bits per heavy atom. The second-order valence-electron chi connectivity index (χ2n) is 9.36. The van der Waals surface area contributed by atoms with Gasteiger partial charge in [0.2, 0.25) is 17.3 Å². The van der Waals surface area contributed by atoms with Gasteiger partial charge in [-0.15, -0.1) is 11.8 Å². The number of carbonyl (C=O) groups excluding carboxylic acids is 3. The summed E-state index contributed by atoms with van der Waals surface area (Å²) >= 11 is 12.2. The molecular weight excluding hydrogens is 562 g/mol. The SMILES string of the molecule is COc1cc(OC)c2c(c1Cl)O[C@]1(C2=O)C(O)=C(C(CC(=O)NCCS)c2ccc(SC)cc2)C(=O)C[C@H]1C. The Kier molecular flexibility index (Phi) is 8.78. The van der Waals surface area contributed by atoms with Crippen LogP contribution in [0.5, 0.6) is 17.2 Å². The molecule has 4 rings (SSSR count). The van der Waals surface area contributed by atoms with E-state index in [4.69, 9.17) is 25.8 Å². The van der Waals surface area contributed by atoms with Crippen LogP contribution in [0, 0.1) is 5.92 Å². The van der Waals surface area contributed by atoms with Crippen LogP contribution in [0.15, 0.2) is 46.6 Å². The van der Waals surface area contributed by atoms with Gasteiger partial charge < -0.3 is 24.6 Å². The van der Waals surface area contributed by atoms with Gasteiger partial charge in [-0.25, -0.2) is 0 Å². The Morgan fingerprint density at radius 2 is 1.92 bits per heavy atom. The molecule has 0 radical (unpaired) electrons. The predicted molar refractivity (Wildman–Crippen MR) is 153 cm³/mol. The molecule has 1 aliphatic heterocycles. The minimum atomic E-state index is -1.92. The fraction of sp³-hybridized carbons (Fsp3) is 0.393. The number of fused-ring (bicyclic) bond motifs is 1. The normalized spacial score (nSPS) is 21.0. The molecule has 1 aliphatic carbocycles. The number of aliphatic hydroxyl groups excluding tert-OH is 1. The molecule has 8 nitrogen and oxygen atoms in total. The number of ether oxygens (including phenoxy) is 3. The number of hydrogen-bond acceptors (Lipinski definition) is 9. The quantitative estimate of drug-likeness (QED) is 0.275. The van der Waals surface area contributed by atoms with E-state index in [1.54, 1.807) is 18.7 Å². The maximum absolute atomic E-state index is 14.1. The van der Waals surface area contributed by atoms with Crippen LogP contribution in [-0.4, -0.2) is 61.0 Å². The summed E-state index contributed by atoms with van der Waals surface area (Å²) < 4.78 is 17.0. The number of Topliss-reactive ketones (excluding diaryl/α,β-unsaturated/α-hetero) is 2. The third-order valence-electron chi connectivity index (χ3n) is 7.20. The molecule has 0 saturated heterocycles. The summed E-state index contributed by atoms with van der Waals surface area (Å²) in [5.41, 5.74) is -1.25. The van der Waals surface area contributed by atoms with Crippen LogP contribution in [-0.2, 0) is 9.59 Å². The maximum Gasteiger partial charge on any atom is 0.231 e. The number of thioether (sulfide) groups is 1. The second-order valence-corrected chi connectivity index (χ2v) is 11.1. The zero-order chi connectivity index (χ0) is 28.5. The molecule has 1 spiro atoms. The lowest BCUT2D eigenvalue weighted by Gasteiger charge is -2.38. The highest BCUT2D eigenvalue weighted by molar-refractivity contribution is 7.98. The van der Waals surface area contributed by atoms with Crippen molar-refractivity contribution < 1.29 is 33.7 Å². The van der Waals surface area contributed by atoms with Crippen LogP contribution in [0.3, 0.4) is 0 Å². The van der Waals surface area contributed by atoms with Crippen LogP contribution in [0.4, 0.5) is 0 Å². The fourth-order valence-electron chi connectivity index (χ4n) is 5.21. The largest absolute Gasteiger partial charge is 0.507 e. The average molecular weight is 592 g/mol. The van der Waals surface area contributed by atoms with Crippen molar-refractivity contribution in [2.24, 2.45) is 5.92 Å². The summed E-state index contributed by atoms with van der Waals surface area (Å²) in [4.78, 5) is 41.5. The lowest BCUT2D eigenvalue weighted by molar-refractivity contribution is -0.121. The first-order chi connectivity index (χ1) is 18.6. The molecule has 1 unspecified atom stereocenters. The molecule has 1 heterocycles. The average Bonchev–Trinajstić information content (AvgIpc) is 3.25. The van der Waals surface area contributed by atoms with Gasteiger partial charge in [-0.05, 0) is 24.0 Å². The third-order valence-corrected chi connectivity index (χ3v) is 8.53. The first-order valence-electron chi connectivity index (χ1n) is 12.3. The van der Waals surface area contributed by atoms with Crippen LogP contribution in [0.2, 0.25) is 5.02 Å². The second kappa shape index (κ2) is 11.7. The van der Waals surface area contributed by atoms with Gasteiger partial charge in [-0.1, -0.05) is 30.7 Å². The Hall–Kier alpha value is -2.82. The van der Waals surface area contributed by atoms with Crippen LogP contribution >= 0.6 is 36.0 Å². The lowest BCUT2D eigenvalue weighted by Crippen LogP contribution is -2.53. The molecule has 2 N–H and O–H groups in total. The Morgan fingerprint density at radius 3 is 2.51 bits per heavy atom. The van der Waals surface area contributed by atoms with E-state index in [1.807, 2.05) is 30.5 Å². The summed E-state index contributed by atoms with van der Waals surface area (Å²) in [7, 11) is 2.82. The number of benzene rings is 2. The zero-order valence-electron chi connectivity index (χ0n) is 22.0. The van der Waals surface area contributed by atoms with Crippen molar-refractivity contribution in [3.05, 3.63) is 57.8 Å². The summed E-state index contributed by atoms with van der Waals surface area (Å²) in [5, 5.41) is 14.7. The molecule has 2 aromatic rings. The summed E-state index contributed by atoms with van der Waals surface area (Å²) in [6.45, 7) is 2.00. The molecule has 3 atom stereocenters. The van der Waals surface area contributed by atoms with Crippen molar-refractivity contribution in [3.8, 4) is 17.2 Å². The van der Waals surface area contributed by atoms with Gasteiger partial charge in [0, 0.05) is 53.5 Å². The minimum Gasteiger partial charge on any atom is -0.507 e. The number of amides is 1. The van der Waals surface area contributed by atoms with E-state index >= 15 is 0 Å². The van der Waals surface area contributed by atoms with E-state index in [-0.39, 0.29) is 57.9 Å². The molecule has 2 aromatic carbocycles. The highest BCUT2D eigenvalue weighted by Gasteiger charge is 2.61. The number of methoxy groups -OCH3 is 2. The molecular formula is C28H30ClNO7S2. The molecule has 208 valence electrons. The Labute approximate surface area is 241 Å². The van der Waals surface area contributed by atoms with Gasteiger partial charge in [0.1, 0.15) is 22.1 Å². The number of ketones is 2. The lowest BCUT2D eigenvalue weighted by atomic mass is 9.69. The smallest absolute Gasteiger partial charge is 0.231 e. The molecule has 0 bridgehead atoms. The van der Waals surface area contributed by atoms with E-state index < -0.39 is 29.0 Å². The number of halogens is 1. The van der Waals surface area contributed by atoms with E-state index in [0.717, 1.165) is 4.90 Å². The van der Waals surface area contributed by atoms with Crippen molar-refractivity contribution in [2.75, 3.05) is 32.8 Å². The molecule has 0 fully saturated rings. The van der Waals surface area contributed by atoms with Crippen molar-refractivity contribution >= 4 is 53.5 Å². The number of rotatable bonds is 9. The van der Waals surface area contributed by atoms with Gasteiger partial charge in [0.15, 0.2) is 17.3 Å². The van der Waals surface area contributed by atoms with Gasteiger partial charge >= 0.3 is 0 Å². The van der Waals surface area contributed by atoms with Crippen LogP contribution in [0.25, 0.3) is 0 Å². The number of hydrogen-bond donors (Lipinski definition) is 3. The minimum absolute atomic E-state index is 0.0114. The van der Waals surface area contributed by atoms with Gasteiger partial charge in [0.25, 0.3) is 0 Å². The third kappa shape index (κ3) is 4.98. The van der Waals surface area contributed by atoms with Crippen molar-refractivity contribution in [3.63, 3.8) is 0 Å². The van der Waals surface area contributed by atoms with Crippen molar-refractivity contribution in [1.29, 1.82) is 0 Å². The van der Waals surface area contributed by atoms with Crippen molar-refractivity contribution in [2.45, 2.75) is 36.2 Å². The molecule has 1 amide bonds. The van der Waals surface area contributed by atoms with E-state index in [1.165, 1.54) is 20.3 Å². The molecule has 39 heavy (non-hydrogen) atoms. The number of aliphatic hydroxyl groups is 1. The summed E-state index contributed by atoms with van der Waals surface area (Å²) in [5.74, 6) is -2.50. The van der Waals surface area contributed by atoms with Crippen LogP contribution < -0.4 is 19.5 Å². The Balaban J connectivity index is 1.90. The Bertz CT molecular complexity index is 1340. The molecule has 11 heteroatoms. The highest BCUT2D eigenvalue weighted by Crippen LogP contribution is 2.55. The highest BCUT2D eigenvalue weighted by atomic mass is 35.5.